The van der Waals surface area contributed by atoms with E-state index in [0.29, 0.717) is 11.7 Å². The highest BCUT2D eigenvalue weighted by molar-refractivity contribution is 5.89. The van der Waals surface area contributed by atoms with Gasteiger partial charge in [-0.05, 0) is 19.1 Å². The summed E-state index contributed by atoms with van der Waals surface area (Å²) in [6, 6.07) is 3.64. The number of aromatic nitrogens is 1. The molecule has 1 aromatic heterocycles. The quantitative estimate of drug-likeness (QED) is 0.635. The number of nitrogens with one attached hydrogen (secondary N) is 1. The molecule has 2 rings (SSSR count). The van der Waals surface area contributed by atoms with Crippen LogP contribution in [-0.4, -0.2) is 21.0 Å². The van der Waals surface area contributed by atoms with Gasteiger partial charge in [-0.15, -0.1) is 0 Å². The first-order valence-corrected chi connectivity index (χ1v) is 5.64. The molecule has 0 fully saturated rings. The van der Waals surface area contributed by atoms with Gasteiger partial charge in [-0.2, -0.15) is 0 Å². The molecule has 0 saturated carbocycles. The van der Waals surface area contributed by atoms with Crippen LogP contribution in [0.25, 0.3) is 0 Å². The maximum absolute atomic E-state index is 10.9. The lowest BCUT2D eigenvalue weighted by Gasteiger charge is -2.05. The molecule has 2 N–H and O–H groups in total. The van der Waals surface area contributed by atoms with Gasteiger partial charge in [0.05, 0.1) is 23.2 Å². The average Bonchev–Trinajstić information content (AvgIpc) is 2.81. The van der Waals surface area contributed by atoms with Crippen LogP contribution in [0.4, 0.5) is 11.4 Å². The van der Waals surface area contributed by atoms with Gasteiger partial charge in [-0.1, -0.05) is 0 Å². The standard InChI is InChI=1S/C12H11N3O5/c1-7-5-14-11(20-7)6-13-9-3-2-8(12(16)17)4-10(9)15(18)19/h2-5,13H,6H2,1H3,(H,16,17). The number of oxazole rings is 1. The number of nitro groups is 1. The van der Waals surface area contributed by atoms with E-state index in [1.165, 1.54) is 12.1 Å². The largest absolute Gasteiger partial charge is 0.478 e. The zero-order valence-electron chi connectivity index (χ0n) is 10.5. The number of nitro benzene ring substituents is 1. The second-order valence-electron chi connectivity index (χ2n) is 4.01. The van der Waals surface area contributed by atoms with Crippen LogP contribution in [-0.2, 0) is 6.54 Å². The van der Waals surface area contributed by atoms with E-state index in [-0.39, 0.29) is 23.5 Å². The van der Waals surface area contributed by atoms with E-state index in [2.05, 4.69) is 10.3 Å². The van der Waals surface area contributed by atoms with Crippen molar-refractivity contribution in [1.82, 2.24) is 4.98 Å². The maximum atomic E-state index is 10.9. The summed E-state index contributed by atoms with van der Waals surface area (Å²) in [6.45, 7) is 1.90. The van der Waals surface area contributed by atoms with Gasteiger partial charge in [-0.3, -0.25) is 10.1 Å². The van der Waals surface area contributed by atoms with E-state index < -0.39 is 10.9 Å². The lowest BCUT2D eigenvalue weighted by molar-refractivity contribution is -0.384. The topological polar surface area (TPSA) is 119 Å². The molecule has 0 saturated heterocycles. The number of aromatic carboxylic acids is 1. The van der Waals surface area contributed by atoms with Crippen LogP contribution in [0.1, 0.15) is 22.0 Å². The molecule has 0 amide bonds. The summed E-state index contributed by atoms with van der Waals surface area (Å²) in [5.74, 6) is -0.195. The highest BCUT2D eigenvalue weighted by Gasteiger charge is 2.17. The fraction of sp³-hybridized carbons (Fsp3) is 0.167. The van der Waals surface area contributed by atoms with Crippen LogP contribution < -0.4 is 5.32 Å². The van der Waals surface area contributed by atoms with Gasteiger partial charge in [0.1, 0.15) is 11.4 Å². The van der Waals surface area contributed by atoms with Crippen molar-refractivity contribution in [3.05, 3.63) is 51.7 Å². The molecule has 0 atom stereocenters. The lowest BCUT2D eigenvalue weighted by atomic mass is 10.1. The van der Waals surface area contributed by atoms with Gasteiger partial charge < -0.3 is 14.8 Å². The maximum Gasteiger partial charge on any atom is 0.335 e. The number of anilines is 1. The van der Waals surface area contributed by atoms with Crippen molar-refractivity contribution in [2.75, 3.05) is 5.32 Å². The van der Waals surface area contributed by atoms with Gasteiger partial charge in [0, 0.05) is 6.07 Å². The Balaban J connectivity index is 2.22. The van der Waals surface area contributed by atoms with E-state index in [4.69, 9.17) is 9.52 Å². The third-order valence-electron chi connectivity index (χ3n) is 2.54. The zero-order valence-corrected chi connectivity index (χ0v) is 10.5. The number of carboxylic acids is 1. The normalized spacial score (nSPS) is 10.2. The molecule has 20 heavy (non-hydrogen) atoms. The van der Waals surface area contributed by atoms with Crippen molar-refractivity contribution in [1.29, 1.82) is 0 Å². The second kappa shape index (κ2) is 5.39. The molecule has 0 spiro atoms. The molecule has 0 bridgehead atoms. The van der Waals surface area contributed by atoms with E-state index in [9.17, 15) is 14.9 Å². The molecular formula is C12H11N3O5. The van der Waals surface area contributed by atoms with Crippen LogP contribution >= 0.6 is 0 Å². The molecule has 0 aliphatic heterocycles. The van der Waals surface area contributed by atoms with Gasteiger partial charge >= 0.3 is 5.97 Å². The summed E-state index contributed by atoms with van der Waals surface area (Å²) in [7, 11) is 0. The first kappa shape index (κ1) is 13.5. The predicted molar refractivity (Wildman–Crippen MR) is 68.6 cm³/mol. The highest BCUT2D eigenvalue weighted by Crippen LogP contribution is 2.26. The summed E-state index contributed by atoms with van der Waals surface area (Å²) >= 11 is 0. The molecule has 0 aliphatic carbocycles. The van der Waals surface area contributed by atoms with Crippen LogP contribution in [0, 0.1) is 17.0 Å². The van der Waals surface area contributed by atoms with Gasteiger partial charge in [0.25, 0.3) is 5.69 Å². The van der Waals surface area contributed by atoms with E-state index >= 15 is 0 Å². The Kier molecular flexibility index (Phi) is 3.65. The monoisotopic (exact) mass is 277 g/mol. The molecule has 8 nitrogen and oxygen atoms in total. The smallest absolute Gasteiger partial charge is 0.335 e. The summed E-state index contributed by atoms with van der Waals surface area (Å²) in [5, 5.41) is 22.6. The number of carbonyl (C=O) groups is 1. The number of aryl methyl sites for hydroxylation is 1. The Morgan fingerprint density at radius 2 is 2.30 bits per heavy atom. The third-order valence-corrected chi connectivity index (χ3v) is 2.54. The van der Waals surface area contributed by atoms with Crippen molar-refractivity contribution >= 4 is 17.3 Å². The SMILES string of the molecule is Cc1cnc(CNc2ccc(C(=O)O)cc2[N+](=O)[O-])o1. The van der Waals surface area contributed by atoms with E-state index in [1.54, 1.807) is 13.1 Å². The van der Waals surface area contributed by atoms with Gasteiger partial charge in [-0.25, -0.2) is 9.78 Å². The first-order valence-electron chi connectivity index (χ1n) is 5.64. The van der Waals surface area contributed by atoms with Crippen LogP contribution in [0.3, 0.4) is 0 Å². The van der Waals surface area contributed by atoms with Crippen LogP contribution in [0.15, 0.2) is 28.8 Å². The summed E-state index contributed by atoms with van der Waals surface area (Å²) in [4.78, 5) is 25.1. The average molecular weight is 277 g/mol. The number of rotatable bonds is 5. The van der Waals surface area contributed by atoms with E-state index in [1.807, 2.05) is 0 Å². The molecule has 2 aromatic rings. The zero-order chi connectivity index (χ0) is 14.7. The number of carboxylic acid groups (broad SMARTS) is 1. The number of hydrogen-bond donors (Lipinski definition) is 2. The first-order chi connectivity index (χ1) is 9.47. The number of benzene rings is 1. The van der Waals surface area contributed by atoms with Crippen LogP contribution in [0.2, 0.25) is 0 Å². The second-order valence-corrected chi connectivity index (χ2v) is 4.01. The summed E-state index contributed by atoms with van der Waals surface area (Å²) in [5.41, 5.74) is -0.252. The van der Waals surface area contributed by atoms with Crippen LogP contribution in [0.5, 0.6) is 0 Å². The Morgan fingerprint density at radius 1 is 1.55 bits per heavy atom. The number of hydrogen-bond acceptors (Lipinski definition) is 6. The molecule has 104 valence electrons. The Bertz CT molecular complexity index is 665. The Hall–Kier alpha value is -2.90. The minimum atomic E-state index is -1.22. The van der Waals surface area contributed by atoms with Gasteiger partial charge in [0.2, 0.25) is 5.89 Å². The molecule has 1 aromatic carbocycles. The Morgan fingerprint density at radius 3 is 2.85 bits per heavy atom. The summed E-state index contributed by atoms with van der Waals surface area (Å²) < 4.78 is 5.23. The molecule has 0 unspecified atom stereocenters. The van der Waals surface area contributed by atoms with Crippen molar-refractivity contribution in [2.24, 2.45) is 0 Å². The molecule has 8 heteroatoms. The van der Waals surface area contributed by atoms with Crippen molar-refractivity contribution in [3.63, 3.8) is 0 Å². The minimum Gasteiger partial charge on any atom is -0.478 e. The molecule has 1 heterocycles. The molecular weight excluding hydrogens is 266 g/mol. The van der Waals surface area contributed by atoms with Crippen molar-refractivity contribution in [2.45, 2.75) is 13.5 Å². The van der Waals surface area contributed by atoms with Gasteiger partial charge in [0.15, 0.2) is 0 Å². The van der Waals surface area contributed by atoms with Crippen molar-refractivity contribution < 1.29 is 19.2 Å². The minimum absolute atomic E-state index is 0.144. The van der Waals surface area contributed by atoms with Crippen molar-refractivity contribution in [3.8, 4) is 0 Å². The number of nitrogens with zero attached hydrogens (tertiary/aromatic N) is 2. The summed E-state index contributed by atoms with van der Waals surface area (Å²) in [6.07, 6.45) is 1.54. The fourth-order valence-electron chi connectivity index (χ4n) is 1.62. The van der Waals surface area contributed by atoms with E-state index in [0.717, 1.165) is 6.07 Å². The third kappa shape index (κ3) is 2.91. The lowest BCUT2D eigenvalue weighted by Crippen LogP contribution is -2.05. The highest BCUT2D eigenvalue weighted by atomic mass is 16.6. The molecule has 0 radical (unpaired) electrons. The predicted octanol–water partition coefficient (Wildman–Crippen LogP) is 2.20. The molecule has 0 aliphatic rings. The Labute approximate surface area is 113 Å². The fourth-order valence-corrected chi connectivity index (χ4v) is 1.62.